The number of aryl methyl sites for hydroxylation is 1. The molecule has 9 rings (SSSR count). The number of nitrogens with one attached hydrogen (secondary N) is 1. The minimum Gasteiger partial charge on any atom is -0.504 e. The molecule has 0 radical (unpaired) electrons. The molecule has 3 aliphatic heterocycles. The number of fused-ring (bicyclic) bond motifs is 4. The molecule has 0 aromatic heterocycles. The van der Waals surface area contributed by atoms with E-state index in [4.69, 9.17) is 9.47 Å². The molecule has 1 saturated carbocycles. The number of anilines is 3. The number of imide groups is 2. The van der Waals surface area contributed by atoms with Crippen LogP contribution in [-0.4, -0.2) is 66.7 Å². The summed E-state index contributed by atoms with van der Waals surface area (Å²) in [5.41, 5.74) is 7.02. The Balaban J connectivity index is 1.17. The first-order valence-electron chi connectivity index (χ1n) is 19.5. The van der Waals surface area contributed by atoms with Crippen LogP contribution in [0.3, 0.4) is 0 Å². The lowest BCUT2D eigenvalue weighted by atomic mass is 9.49. The fourth-order valence-electron chi connectivity index (χ4n) is 9.99. The molecule has 4 fully saturated rings. The first-order chi connectivity index (χ1) is 27.2. The number of carbonyl (C=O) groups is 4. The van der Waals surface area contributed by atoms with Crippen molar-refractivity contribution in [1.29, 1.82) is 0 Å². The molecule has 11 heteroatoms. The largest absolute Gasteiger partial charge is 0.504 e. The summed E-state index contributed by atoms with van der Waals surface area (Å²) in [6, 6.07) is 29.5. The number of rotatable bonds is 8. The molecule has 286 valence electrons. The van der Waals surface area contributed by atoms with Crippen LogP contribution >= 0.6 is 0 Å². The first-order valence-corrected chi connectivity index (χ1v) is 19.5. The average Bonchev–Trinajstić information content (AvgIpc) is 3.61. The molecule has 5 aliphatic rings. The van der Waals surface area contributed by atoms with Gasteiger partial charge in [-0.25, -0.2) is 0 Å². The molecular weight excluding hydrogens is 709 g/mol. The molecule has 2 aliphatic carbocycles. The number of carbonyl (C=O) groups excluding carboxylic acids is 4. The highest BCUT2D eigenvalue weighted by atomic mass is 16.5. The number of benzene rings is 4. The van der Waals surface area contributed by atoms with Crippen LogP contribution in [0.2, 0.25) is 0 Å². The van der Waals surface area contributed by atoms with Gasteiger partial charge in [-0.1, -0.05) is 65.7 Å². The standard InChI is InChI=1S/C45H44N4O7/c1-3-56-38-25-28(11-20-37(38)50)40-33-18-19-34-39(43(53)48(41(34)51)32-16-14-31(15-17-32)47-21-23-55-24-22-47)35(33)26-36-42(52)49(46-30-12-9-27(2)10-13-30)44(54)45(36,40)29-7-5-4-6-8-29/h4-18,20,25,34-36,39-40,46,50H,3,19,21-24,26H2,1-2H3. The number of hydrazine groups is 1. The van der Waals surface area contributed by atoms with E-state index < -0.39 is 46.8 Å². The Morgan fingerprint density at radius 2 is 1.55 bits per heavy atom. The Labute approximate surface area is 325 Å². The van der Waals surface area contributed by atoms with Gasteiger partial charge in [-0.2, -0.15) is 5.01 Å². The molecule has 4 aromatic rings. The molecular formula is C45H44N4O7. The summed E-state index contributed by atoms with van der Waals surface area (Å²) in [5.74, 6) is -4.66. The highest BCUT2D eigenvalue weighted by Gasteiger charge is 2.70. The average molecular weight is 753 g/mol. The van der Waals surface area contributed by atoms with E-state index in [9.17, 15) is 19.5 Å². The second-order valence-electron chi connectivity index (χ2n) is 15.4. The minimum atomic E-state index is -1.42. The molecule has 6 unspecified atom stereocenters. The Morgan fingerprint density at radius 1 is 0.839 bits per heavy atom. The normalized spacial score (nSPS) is 27.1. The topological polar surface area (TPSA) is 129 Å². The molecule has 4 amide bonds. The van der Waals surface area contributed by atoms with E-state index in [1.54, 1.807) is 18.2 Å². The number of amides is 4. The number of hydrogen-bond acceptors (Lipinski definition) is 9. The third-order valence-electron chi connectivity index (χ3n) is 12.5. The van der Waals surface area contributed by atoms with Crippen molar-refractivity contribution in [1.82, 2.24) is 5.01 Å². The zero-order valence-electron chi connectivity index (χ0n) is 31.4. The van der Waals surface area contributed by atoms with Crippen LogP contribution < -0.4 is 20.0 Å². The van der Waals surface area contributed by atoms with E-state index >= 15 is 4.79 Å². The van der Waals surface area contributed by atoms with E-state index in [1.807, 2.05) is 98.8 Å². The summed E-state index contributed by atoms with van der Waals surface area (Å²) in [4.78, 5) is 62.9. The molecule has 11 nitrogen and oxygen atoms in total. The number of phenolic OH excluding ortho intramolecular Hbond substituents is 1. The Kier molecular flexibility index (Phi) is 8.92. The lowest BCUT2D eigenvalue weighted by Crippen LogP contribution is -2.53. The lowest BCUT2D eigenvalue weighted by molar-refractivity contribution is -0.138. The number of ether oxygens (including phenoxy) is 2. The van der Waals surface area contributed by atoms with Crippen molar-refractivity contribution in [2.45, 2.75) is 38.0 Å². The van der Waals surface area contributed by atoms with Crippen molar-refractivity contribution in [3.63, 3.8) is 0 Å². The SMILES string of the molecule is CCOc1cc(C2C3=CCC4C(=O)N(c5ccc(N6CCOCC6)cc5)C(=O)C4C3CC3C(=O)N(Nc4ccc(C)cc4)C(=O)C32c2ccccc2)ccc1O. The Bertz CT molecular complexity index is 2230. The number of nitrogens with zero attached hydrogens (tertiary/aromatic N) is 3. The first kappa shape index (κ1) is 35.7. The summed E-state index contributed by atoms with van der Waals surface area (Å²) in [5, 5.41) is 12.0. The number of aromatic hydroxyl groups is 1. The fraction of sp³-hybridized carbons (Fsp3) is 0.333. The second-order valence-corrected chi connectivity index (χ2v) is 15.4. The zero-order valence-corrected chi connectivity index (χ0v) is 31.4. The number of hydrogen-bond donors (Lipinski definition) is 2. The van der Waals surface area contributed by atoms with Crippen LogP contribution in [0.5, 0.6) is 11.5 Å². The molecule has 0 spiro atoms. The second kappa shape index (κ2) is 14.0. The van der Waals surface area contributed by atoms with E-state index in [-0.39, 0.29) is 29.7 Å². The van der Waals surface area contributed by atoms with Crippen molar-refractivity contribution >= 4 is 40.7 Å². The summed E-state index contributed by atoms with van der Waals surface area (Å²) >= 11 is 0. The van der Waals surface area contributed by atoms with Crippen LogP contribution in [0.15, 0.2) is 109 Å². The predicted molar refractivity (Wildman–Crippen MR) is 210 cm³/mol. The molecule has 4 aromatic carbocycles. The van der Waals surface area contributed by atoms with Crippen LogP contribution in [0.25, 0.3) is 0 Å². The van der Waals surface area contributed by atoms with Crippen molar-refractivity contribution in [3.05, 3.63) is 125 Å². The maximum atomic E-state index is 15.4. The maximum Gasteiger partial charge on any atom is 0.260 e. The van der Waals surface area contributed by atoms with Gasteiger partial charge >= 0.3 is 0 Å². The van der Waals surface area contributed by atoms with E-state index in [1.165, 1.54) is 4.90 Å². The van der Waals surface area contributed by atoms with Gasteiger partial charge in [0.05, 0.1) is 54.4 Å². The molecule has 3 heterocycles. The third kappa shape index (κ3) is 5.50. The summed E-state index contributed by atoms with van der Waals surface area (Å²) in [6.07, 6.45) is 2.53. The molecule has 3 saturated heterocycles. The minimum absolute atomic E-state index is 0.0469. The smallest absolute Gasteiger partial charge is 0.260 e. The van der Waals surface area contributed by atoms with Crippen molar-refractivity contribution in [2.75, 3.05) is 48.1 Å². The van der Waals surface area contributed by atoms with Crippen molar-refractivity contribution in [2.24, 2.45) is 23.7 Å². The molecule has 6 atom stereocenters. The highest BCUT2D eigenvalue weighted by Crippen LogP contribution is 2.64. The van der Waals surface area contributed by atoms with Crippen molar-refractivity contribution < 1.29 is 33.8 Å². The highest BCUT2D eigenvalue weighted by molar-refractivity contribution is 6.22. The number of morpholine rings is 1. The van der Waals surface area contributed by atoms with Gasteiger partial charge in [-0.15, -0.1) is 0 Å². The van der Waals surface area contributed by atoms with Crippen molar-refractivity contribution in [3.8, 4) is 11.5 Å². The quantitative estimate of drug-likeness (QED) is 0.162. The third-order valence-corrected chi connectivity index (χ3v) is 12.5. The summed E-state index contributed by atoms with van der Waals surface area (Å²) < 4.78 is 11.4. The van der Waals surface area contributed by atoms with Crippen LogP contribution in [0.1, 0.15) is 42.4 Å². The molecule has 56 heavy (non-hydrogen) atoms. The maximum absolute atomic E-state index is 15.4. The predicted octanol–water partition coefficient (Wildman–Crippen LogP) is 6.13. The Morgan fingerprint density at radius 3 is 2.27 bits per heavy atom. The summed E-state index contributed by atoms with van der Waals surface area (Å²) in [7, 11) is 0. The number of phenols is 1. The van der Waals surface area contributed by atoms with Crippen LogP contribution in [0.4, 0.5) is 17.1 Å². The van der Waals surface area contributed by atoms with Gasteiger partial charge in [0, 0.05) is 24.7 Å². The molecule has 2 N–H and O–H groups in total. The van der Waals surface area contributed by atoms with Gasteiger partial charge in [0.25, 0.3) is 11.8 Å². The van der Waals surface area contributed by atoms with Gasteiger partial charge < -0.3 is 19.5 Å². The van der Waals surface area contributed by atoms with Crippen LogP contribution in [0, 0.1) is 30.6 Å². The van der Waals surface area contributed by atoms with Gasteiger partial charge in [-0.3, -0.25) is 29.5 Å². The van der Waals surface area contributed by atoms with Crippen LogP contribution in [-0.2, 0) is 29.3 Å². The van der Waals surface area contributed by atoms with Gasteiger partial charge in [0.2, 0.25) is 11.8 Å². The van der Waals surface area contributed by atoms with E-state index in [0.717, 1.165) is 34.9 Å². The monoisotopic (exact) mass is 752 g/mol. The van der Waals surface area contributed by atoms with Gasteiger partial charge in [0.15, 0.2) is 11.5 Å². The lowest BCUT2D eigenvalue weighted by Gasteiger charge is -2.50. The summed E-state index contributed by atoms with van der Waals surface area (Å²) in [6.45, 7) is 6.90. The van der Waals surface area contributed by atoms with Gasteiger partial charge in [-0.05, 0) is 92.3 Å². The zero-order chi connectivity index (χ0) is 38.7. The Hall–Kier alpha value is -5.94. The molecule has 0 bridgehead atoms. The van der Waals surface area contributed by atoms with E-state index in [2.05, 4.69) is 10.3 Å². The van der Waals surface area contributed by atoms with E-state index in [0.29, 0.717) is 48.7 Å². The number of allylic oxidation sites excluding steroid dienone is 2. The van der Waals surface area contributed by atoms with Gasteiger partial charge in [0.1, 0.15) is 0 Å². The fourth-order valence-corrected chi connectivity index (χ4v) is 9.99.